The standard InChI is InChI=1S/C19H26N2O4S/c1-4-20(5-2)19(22)18-13-15-12-16(6-7-17(15)25-18)26(23,24)21-10-8-14(3)9-11-21/h6-7,12-14H,4-5,8-11H2,1-3H3. The van der Waals surface area contributed by atoms with Crippen molar-refractivity contribution in [3.05, 3.63) is 30.0 Å². The Morgan fingerprint density at radius 1 is 1.19 bits per heavy atom. The summed E-state index contributed by atoms with van der Waals surface area (Å²) >= 11 is 0. The van der Waals surface area contributed by atoms with Crippen molar-refractivity contribution in [3.63, 3.8) is 0 Å². The van der Waals surface area contributed by atoms with Crippen LogP contribution in [-0.4, -0.2) is 49.7 Å². The normalized spacial score (nSPS) is 16.9. The van der Waals surface area contributed by atoms with E-state index in [0.29, 0.717) is 43.1 Å². The molecule has 0 radical (unpaired) electrons. The molecule has 1 aromatic carbocycles. The Morgan fingerprint density at radius 2 is 1.85 bits per heavy atom. The van der Waals surface area contributed by atoms with E-state index in [1.54, 1.807) is 33.5 Å². The van der Waals surface area contributed by atoms with E-state index in [0.717, 1.165) is 12.8 Å². The summed E-state index contributed by atoms with van der Waals surface area (Å²) in [5.41, 5.74) is 0.520. The third kappa shape index (κ3) is 3.50. The summed E-state index contributed by atoms with van der Waals surface area (Å²) in [6.07, 6.45) is 1.77. The van der Waals surface area contributed by atoms with Gasteiger partial charge in [0.25, 0.3) is 5.91 Å². The van der Waals surface area contributed by atoms with Crippen molar-refractivity contribution in [1.29, 1.82) is 0 Å². The van der Waals surface area contributed by atoms with Gasteiger partial charge in [0.2, 0.25) is 10.0 Å². The van der Waals surface area contributed by atoms with Crippen molar-refractivity contribution in [2.75, 3.05) is 26.2 Å². The summed E-state index contributed by atoms with van der Waals surface area (Å²) in [6.45, 7) is 8.27. The molecule has 0 N–H and O–H groups in total. The number of fused-ring (bicyclic) bond motifs is 1. The maximum atomic E-state index is 12.9. The van der Waals surface area contributed by atoms with Crippen molar-refractivity contribution < 1.29 is 17.6 Å². The lowest BCUT2D eigenvalue weighted by Gasteiger charge is -2.29. The first-order valence-electron chi connectivity index (χ1n) is 9.19. The summed E-state index contributed by atoms with van der Waals surface area (Å²) in [7, 11) is -3.52. The first kappa shape index (κ1) is 18.9. The molecule has 3 rings (SSSR count). The van der Waals surface area contributed by atoms with Gasteiger partial charge >= 0.3 is 0 Å². The summed E-state index contributed by atoms with van der Waals surface area (Å²) in [4.78, 5) is 14.4. The highest BCUT2D eigenvalue weighted by Gasteiger charge is 2.28. The van der Waals surface area contributed by atoms with E-state index in [1.165, 1.54) is 0 Å². The molecular weight excluding hydrogens is 352 g/mol. The fourth-order valence-corrected chi connectivity index (χ4v) is 4.83. The smallest absolute Gasteiger partial charge is 0.289 e. The topological polar surface area (TPSA) is 70.8 Å². The molecule has 0 bridgehead atoms. The van der Waals surface area contributed by atoms with Gasteiger partial charge in [0, 0.05) is 31.6 Å². The number of hydrogen-bond donors (Lipinski definition) is 0. The average Bonchev–Trinajstić information content (AvgIpc) is 3.06. The minimum atomic E-state index is -3.52. The average molecular weight is 378 g/mol. The van der Waals surface area contributed by atoms with Gasteiger partial charge in [-0.05, 0) is 56.9 Å². The predicted octanol–water partition coefficient (Wildman–Crippen LogP) is 3.34. The third-order valence-electron chi connectivity index (χ3n) is 5.13. The molecule has 0 aliphatic carbocycles. The van der Waals surface area contributed by atoms with Gasteiger partial charge in [-0.1, -0.05) is 6.92 Å². The zero-order chi connectivity index (χ0) is 18.9. The lowest BCUT2D eigenvalue weighted by Crippen LogP contribution is -2.37. The molecule has 1 aromatic heterocycles. The molecule has 1 aliphatic heterocycles. The number of carbonyl (C=O) groups excluding carboxylic acids is 1. The van der Waals surface area contributed by atoms with Gasteiger partial charge in [0.15, 0.2) is 5.76 Å². The second kappa shape index (κ2) is 7.40. The Bertz CT molecular complexity index is 891. The van der Waals surface area contributed by atoms with Crippen LogP contribution in [0.3, 0.4) is 0 Å². The number of piperidine rings is 1. The highest BCUT2D eigenvalue weighted by molar-refractivity contribution is 7.89. The van der Waals surface area contributed by atoms with Crippen LogP contribution < -0.4 is 0 Å². The van der Waals surface area contributed by atoms with Crippen LogP contribution in [-0.2, 0) is 10.0 Å². The van der Waals surface area contributed by atoms with Crippen LogP contribution in [0.15, 0.2) is 33.6 Å². The zero-order valence-corrected chi connectivity index (χ0v) is 16.4. The molecule has 0 spiro atoms. The zero-order valence-electron chi connectivity index (χ0n) is 15.6. The summed E-state index contributed by atoms with van der Waals surface area (Å²) in [5, 5.41) is 0.631. The highest BCUT2D eigenvalue weighted by atomic mass is 32.2. The Labute approximate surface area is 154 Å². The number of amides is 1. The minimum Gasteiger partial charge on any atom is -0.451 e. The predicted molar refractivity (Wildman–Crippen MR) is 101 cm³/mol. The fourth-order valence-electron chi connectivity index (χ4n) is 3.33. The van der Waals surface area contributed by atoms with Crippen LogP contribution in [0.4, 0.5) is 0 Å². The number of benzene rings is 1. The maximum Gasteiger partial charge on any atom is 0.289 e. The summed E-state index contributed by atoms with van der Waals surface area (Å²) in [5.74, 6) is 0.622. The molecular formula is C19H26N2O4S. The molecule has 1 aliphatic rings. The van der Waals surface area contributed by atoms with Crippen LogP contribution in [0.1, 0.15) is 44.2 Å². The van der Waals surface area contributed by atoms with E-state index in [-0.39, 0.29) is 16.6 Å². The first-order valence-corrected chi connectivity index (χ1v) is 10.6. The number of sulfonamides is 1. The second-order valence-corrected chi connectivity index (χ2v) is 8.81. The molecule has 2 heterocycles. The lowest BCUT2D eigenvalue weighted by molar-refractivity contribution is 0.0743. The van der Waals surface area contributed by atoms with Crippen LogP contribution in [0.2, 0.25) is 0 Å². The Kier molecular flexibility index (Phi) is 5.39. The van der Waals surface area contributed by atoms with Crippen molar-refractivity contribution >= 4 is 26.9 Å². The van der Waals surface area contributed by atoms with Gasteiger partial charge in [-0.3, -0.25) is 4.79 Å². The Morgan fingerprint density at radius 3 is 2.46 bits per heavy atom. The van der Waals surface area contributed by atoms with E-state index in [1.807, 2.05) is 13.8 Å². The van der Waals surface area contributed by atoms with E-state index in [2.05, 4.69) is 6.92 Å². The van der Waals surface area contributed by atoms with E-state index in [4.69, 9.17) is 4.42 Å². The number of carbonyl (C=O) groups is 1. The number of rotatable bonds is 5. The highest BCUT2D eigenvalue weighted by Crippen LogP contribution is 2.27. The summed E-state index contributed by atoms with van der Waals surface area (Å²) in [6, 6.07) is 6.43. The second-order valence-electron chi connectivity index (χ2n) is 6.87. The van der Waals surface area contributed by atoms with E-state index in [9.17, 15) is 13.2 Å². The Balaban J connectivity index is 1.91. The molecule has 142 valence electrons. The van der Waals surface area contributed by atoms with Gasteiger partial charge in [-0.25, -0.2) is 8.42 Å². The van der Waals surface area contributed by atoms with E-state index < -0.39 is 10.0 Å². The van der Waals surface area contributed by atoms with Crippen molar-refractivity contribution in [2.45, 2.75) is 38.5 Å². The fraction of sp³-hybridized carbons (Fsp3) is 0.526. The molecule has 1 amide bonds. The monoisotopic (exact) mass is 378 g/mol. The van der Waals surface area contributed by atoms with Gasteiger partial charge in [-0.15, -0.1) is 0 Å². The molecule has 6 nitrogen and oxygen atoms in total. The SMILES string of the molecule is CCN(CC)C(=O)c1cc2cc(S(=O)(=O)N3CCC(C)CC3)ccc2o1. The lowest BCUT2D eigenvalue weighted by atomic mass is 10.0. The van der Waals surface area contributed by atoms with Crippen LogP contribution in [0.5, 0.6) is 0 Å². The van der Waals surface area contributed by atoms with Crippen molar-refractivity contribution in [1.82, 2.24) is 9.21 Å². The van der Waals surface area contributed by atoms with Gasteiger partial charge in [0.1, 0.15) is 5.58 Å². The number of nitrogens with zero attached hydrogens (tertiary/aromatic N) is 2. The van der Waals surface area contributed by atoms with Crippen LogP contribution >= 0.6 is 0 Å². The Hall–Kier alpha value is -1.86. The van der Waals surface area contributed by atoms with Crippen LogP contribution in [0.25, 0.3) is 11.0 Å². The van der Waals surface area contributed by atoms with E-state index >= 15 is 0 Å². The number of hydrogen-bond acceptors (Lipinski definition) is 4. The number of furan rings is 1. The van der Waals surface area contributed by atoms with Crippen molar-refractivity contribution in [2.24, 2.45) is 5.92 Å². The molecule has 2 aromatic rings. The molecule has 1 fully saturated rings. The quantitative estimate of drug-likeness (QED) is 0.800. The van der Waals surface area contributed by atoms with Crippen LogP contribution in [0, 0.1) is 5.92 Å². The summed E-state index contributed by atoms with van der Waals surface area (Å²) < 4.78 is 33.0. The molecule has 0 unspecified atom stereocenters. The van der Waals surface area contributed by atoms with Crippen molar-refractivity contribution in [3.8, 4) is 0 Å². The molecule has 1 saturated heterocycles. The largest absolute Gasteiger partial charge is 0.451 e. The minimum absolute atomic E-state index is 0.180. The van der Waals surface area contributed by atoms with Gasteiger partial charge < -0.3 is 9.32 Å². The molecule has 0 atom stereocenters. The molecule has 0 saturated carbocycles. The van der Waals surface area contributed by atoms with Gasteiger partial charge in [-0.2, -0.15) is 4.31 Å². The van der Waals surface area contributed by atoms with Gasteiger partial charge in [0.05, 0.1) is 4.90 Å². The maximum absolute atomic E-state index is 12.9. The molecule has 7 heteroatoms. The first-order chi connectivity index (χ1) is 12.4. The third-order valence-corrected chi connectivity index (χ3v) is 7.02. The molecule has 26 heavy (non-hydrogen) atoms.